The fraction of sp³-hybridized carbons (Fsp3) is 0.929. The molecule has 0 spiro atoms. The van der Waals surface area contributed by atoms with Gasteiger partial charge < -0.3 is 5.73 Å². The molecule has 3 nitrogen and oxygen atoms in total. The summed E-state index contributed by atoms with van der Waals surface area (Å²) in [6, 6.07) is 1.16. The molecule has 0 aromatic rings. The molecule has 0 aliphatic heterocycles. The van der Waals surface area contributed by atoms with Crippen molar-refractivity contribution in [1.82, 2.24) is 4.90 Å². The first-order valence-electron chi connectivity index (χ1n) is 7.08. The molecule has 0 aromatic carbocycles. The second-order valence-corrected chi connectivity index (χ2v) is 5.71. The van der Waals surface area contributed by atoms with Crippen molar-refractivity contribution in [3.05, 3.63) is 0 Å². The van der Waals surface area contributed by atoms with E-state index in [2.05, 4.69) is 37.6 Å². The molecule has 1 aliphatic rings. The average molecular weight is 239 g/mol. The van der Waals surface area contributed by atoms with Crippen LogP contribution in [0.5, 0.6) is 0 Å². The van der Waals surface area contributed by atoms with Gasteiger partial charge in [-0.15, -0.1) is 0 Å². The summed E-state index contributed by atoms with van der Waals surface area (Å²) in [5, 5.41) is 0. The van der Waals surface area contributed by atoms with Gasteiger partial charge >= 0.3 is 0 Å². The Morgan fingerprint density at radius 2 is 1.71 bits per heavy atom. The average Bonchev–Trinajstić information content (AvgIpc) is 2.76. The minimum absolute atomic E-state index is 0.571. The number of rotatable bonds is 6. The molecule has 0 amide bonds. The van der Waals surface area contributed by atoms with Gasteiger partial charge in [0.25, 0.3) is 0 Å². The maximum absolute atomic E-state index is 6.05. The van der Waals surface area contributed by atoms with Crippen LogP contribution in [-0.2, 0) is 0 Å². The first-order chi connectivity index (χ1) is 8.02. The molecule has 0 saturated heterocycles. The molecule has 2 N–H and O–H groups in total. The standard InChI is InChI=1S/C14H29N3/c1-11(2)17(12(3)4)10-9-16-14(15)13-7-5-6-8-13/h11-13H,5-10H2,1-4H3,(H2,15,16). The van der Waals surface area contributed by atoms with E-state index in [1.807, 2.05) is 0 Å². The van der Waals surface area contributed by atoms with Crippen LogP contribution in [0.3, 0.4) is 0 Å². The van der Waals surface area contributed by atoms with E-state index >= 15 is 0 Å². The molecule has 1 saturated carbocycles. The van der Waals surface area contributed by atoms with Crippen LogP contribution in [0, 0.1) is 5.92 Å². The Bertz CT molecular complexity index is 232. The van der Waals surface area contributed by atoms with Gasteiger partial charge in [-0.1, -0.05) is 12.8 Å². The van der Waals surface area contributed by atoms with Crippen LogP contribution < -0.4 is 5.73 Å². The van der Waals surface area contributed by atoms with E-state index < -0.39 is 0 Å². The fourth-order valence-electron chi connectivity index (χ4n) is 2.76. The second kappa shape index (κ2) is 7.00. The van der Waals surface area contributed by atoms with Crippen molar-refractivity contribution in [3.63, 3.8) is 0 Å². The first kappa shape index (κ1) is 14.5. The maximum Gasteiger partial charge on any atom is 0.0968 e. The van der Waals surface area contributed by atoms with E-state index in [0.717, 1.165) is 18.9 Å². The Labute approximate surface area is 106 Å². The zero-order valence-electron chi connectivity index (χ0n) is 11.9. The van der Waals surface area contributed by atoms with Crippen molar-refractivity contribution in [2.24, 2.45) is 16.6 Å². The molecule has 0 bridgehead atoms. The van der Waals surface area contributed by atoms with Crippen molar-refractivity contribution in [2.75, 3.05) is 13.1 Å². The van der Waals surface area contributed by atoms with E-state index in [4.69, 9.17) is 5.73 Å². The summed E-state index contributed by atoms with van der Waals surface area (Å²) in [4.78, 5) is 7.03. The molecule has 1 aliphatic carbocycles. The van der Waals surface area contributed by atoms with Gasteiger partial charge in [0, 0.05) is 24.5 Å². The molecule has 100 valence electrons. The van der Waals surface area contributed by atoms with Crippen LogP contribution >= 0.6 is 0 Å². The highest BCUT2D eigenvalue weighted by atomic mass is 15.2. The Balaban J connectivity index is 2.36. The molecule has 0 atom stereocenters. The lowest BCUT2D eigenvalue weighted by Crippen LogP contribution is -2.39. The van der Waals surface area contributed by atoms with Gasteiger partial charge in [-0.25, -0.2) is 0 Å². The molecular weight excluding hydrogens is 210 g/mol. The van der Waals surface area contributed by atoms with Gasteiger partial charge in [-0.2, -0.15) is 0 Å². The van der Waals surface area contributed by atoms with Crippen molar-refractivity contribution in [2.45, 2.75) is 65.5 Å². The third-order valence-electron chi connectivity index (χ3n) is 3.75. The Morgan fingerprint density at radius 3 is 2.18 bits per heavy atom. The van der Waals surface area contributed by atoms with Crippen LogP contribution in [0.2, 0.25) is 0 Å². The number of nitrogens with zero attached hydrogens (tertiary/aromatic N) is 2. The van der Waals surface area contributed by atoms with Crippen LogP contribution in [0.15, 0.2) is 4.99 Å². The smallest absolute Gasteiger partial charge is 0.0968 e. The quantitative estimate of drug-likeness (QED) is 0.572. The molecule has 1 rings (SSSR count). The predicted octanol–water partition coefficient (Wildman–Crippen LogP) is 2.65. The van der Waals surface area contributed by atoms with Crippen LogP contribution in [0.1, 0.15) is 53.4 Å². The minimum atomic E-state index is 0.571. The van der Waals surface area contributed by atoms with Crippen LogP contribution in [0.4, 0.5) is 0 Å². The summed E-state index contributed by atoms with van der Waals surface area (Å²) in [6.07, 6.45) is 5.14. The van der Waals surface area contributed by atoms with Gasteiger partial charge in [0.05, 0.1) is 12.4 Å². The molecule has 0 aromatic heterocycles. The van der Waals surface area contributed by atoms with E-state index in [-0.39, 0.29) is 0 Å². The van der Waals surface area contributed by atoms with Gasteiger partial charge in [0.2, 0.25) is 0 Å². The van der Waals surface area contributed by atoms with Crippen LogP contribution in [0.25, 0.3) is 0 Å². The molecule has 3 heteroatoms. The van der Waals surface area contributed by atoms with Gasteiger partial charge in [0.1, 0.15) is 0 Å². The highest BCUT2D eigenvalue weighted by Gasteiger charge is 2.18. The molecule has 0 radical (unpaired) electrons. The summed E-state index contributed by atoms with van der Waals surface area (Å²) >= 11 is 0. The van der Waals surface area contributed by atoms with E-state index in [1.165, 1.54) is 25.7 Å². The SMILES string of the molecule is CC(C)N(CCN=C(N)C1CCCC1)C(C)C. The van der Waals surface area contributed by atoms with E-state index in [0.29, 0.717) is 18.0 Å². The van der Waals surface area contributed by atoms with Gasteiger partial charge in [0.15, 0.2) is 0 Å². The molecular formula is C14H29N3. The zero-order valence-corrected chi connectivity index (χ0v) is 11.9. The van der Waals surface area contributed by atoms with E-state index in [9.17, 15) is 0 Å². The predicted molar refractivity (Wildman–Crippen MR) is 75.4 cm³/mol. The summed E-state index contributed by atoms with van der Waals surface area (Å²) < 4.78 is 0. The first-order valence-corrected chi connectivity index (χ1v) is 7.08. The van der Waals surface area contributed by atoms with Gasteiger partial charge in [-0.05, 0) is 40.5 Å². The Morgan fingerprint density at radius 1 is 1.18 bits per heavy atom. The lowest BCUT2D eigenvalue weighted by atomic mass is 10.1. The normalized spacial score (nSPS) is 18.9. The monoisotopic (exact) mass is 239 g/mol. The summed E-state index contributed by atoms with van der Waals surface area (Å²) in [5.41, 5.74) is 6.05. The van der Waals surface area contributed by atoms with Crippen molar-refractivity contribution >= 4 is 5.84 Å². The highest BCUT2D eigenvalue weighted by Crippen LogP contribution is 2.24. The molecule has 0 heterocycles. The number of amidine groups is 1. The molecule has 0 unspecified atom stereocenters. The molecule has 17 heavy (non-hydrogen) atoms. The van der Waals surface area contributed by atoms with Gasteiger partial charge in [-0.3, -0.25) is 9.89 Å². The zero-order chi connectivity index (χ0) is 12.8. The maximum atomic E-state index is 6.05. The topological polar surface area (TPSA) is 41.6 Å². The highest BCUT2D eigenvalue weighted by molar-refractivity contribution is 5.83. The van der Waals surface area contributed by atoms with E-state index in [1.54, 1.807) is 0 Å². The molecule has 1 fully saturated rings. The number of nitrogens with two attached hydrogens (primary N) is 1. The number of hydrogen-bond acceptors (Lipinski definition) is 2. The van der Waals surface area contributed by atoms with Crippen molar-refractivity contribution in [3.8, 4) is 0 Å². The Kier molecular flexibility index (Phi) is 5.96. The third-order valence-corrected chi connectivity index (χ3v) is 3.75. The summed E-state index contributed by atoms with van der Waals surface area (Å²) in [7, 11) is 0. The minimum Gasteiger partial charge on any atom is -0.387 e. The lowest BCUT2D eigenvalue weighted by Gasteiger charge is -2.29. The lowest BCUT2D eigenvalue weighted by molar-refractivity contribution is 0.181. The third kappa shape index (κ3) is 4.66. The number of hydrogen-bond donors (Lipinski definition) is 1. The van der Waals surface area contributed by atoms with Crippen LogP contribution in [-0.4, -0.2) is 35.9 Å². The Hall–Kier alpha value is -0.570. The van der Waals surface area contributed by atoms with Crippen molar-refractivity contribution in [1.29, 1.82) is 0 Å². The second-order valence-electron chi connectivity index (χ2n) is 5.71. The van der Waals surface area contributed by atoms with Crippen molar-refractivity contribution < 1.29 is 0 Å². The largest absolute Gasteiger partial charge is 0.387 e. The summed E-state index contributed by atoms with van der Waals surface area (Å²) in [5.74, 6) is 1.47. The summed E-state index contributed by atoms with van der Waals surface area (Å²) in [6.45, 7) is 10.8. The number of aliphatic imine (C=N–C) groups is 1. The fourth-order valence-corrected chi connectivity index (χ4v) is 2.76.